The van der Waals surface area contributed by atoms with E-state index in [2.05, 4.69) is 35.1 Å². The number of rotatable bonds is 4. The van der Waals surface area contributed by atoms with E-state index >= 15 is 0 Å². The fourth-order valence-electron chi connectivity index (χ4n) is 2.80. The number of amides is 1. The maximum Gasteiger partial charge on any atom is 0.306 e. The van der Waals surface area contributed by atoms with Crippen LogP contribution in [0, 0.1) is 11.8 Å². The highest BCUT2D eigenvalue weighted by Crippen LogP contribution is 2.33. The van der Waals surface area contributed by atoms with Crippen molar-refractivity contribution in [1.82, 2.24) is 0 Å². The largest absolute Gasteiger partial charge is 0.481 e. The van der Waals surface area contributed by atoms with Crippen molar-refractivity contribution in [2.24, 2.45) is 11.8 Å². The zero-order valence-electron chi connectivity index (χ0n) is 12.2. The number of benzene rings is 1. The first-order valence-electron chi connectivity index (χ1n) is 7.21. The Kier molecular flexibility index (Phi) is 5.04. The molecule has 0 saturated heterocycles. The van der Waals surface area contributed by atoms with Crippen LogP contribution in [0.4, 0.5) is 5.69 Å². The second kappa shape index (κ2) is 6.60. The predicted octanol–water partition coefficient (Wildman–Crippen LogP) is 4.01. The van der Waals surface area contributed by atoms with Gasteiger partial charge in [0.25, 0.3) is 0 Å². The summed E-state index contributed by atoms with van der Waals surface area (Å²) in [7, 11) is 0. The van der Waals surface area contributed by atoms with E-state index in [9.17, 15) is 9.59 Å². The summed E-state index contributed by atoms with van der Waals surface area (Å²) in [6.45, 7) is 4.15. The number of carbonyl (C=O) groups is 2. The van der Waals surface area contributed by atoms with E-state index in [1.165, 1.54) is 0 Å². The third-order valence-corrected chi connectivity index (χ3v) is 4.54. The highest BCUT2D eigenvalue weighted by molar-refractivity contribution is 9.10. The van der Waals surface area contributed by atoms with Gasteiger partial charge < -0.3 is 10.4 Å². The number of aliphatic carboxylic acids is 1. The lowest BCUT2D eigenvalue weighted by molar-refractivity contribution is -0.141. The van der Waals surface area contributed by atoms with E-state index in [1.54, 1.807) is 0 Å². The first-order valence-corrected chi connectivity index (χ1v) is 8.01. The fourth-order valence-corrected chi connectivity index (χ4v) is 3.18. The molecule has 114 valence electrons. The summed E-state index contributed by atoms with van der Waals surface area (Å²) >= 11 is 3.44. The molecule has 0 unspecified atom stereocenters. The predicted molar refractivity (Wildman–Crippen MR) is 85.3 cm³/mol. The molecule has 0 bridgehead atoms. The number of halogens is 1. The van der Waals surface area contributed by atoms with Crippen molar-refractivity contribution in [3.8, 4) is 0 Å². The zero-order valence-corrected chi connectivity index (χ0v) is 13.8. The van der Waals surface area contributed by atoms with Gasteiger partial charge in [-0.15, -0.1) is 0 Å². The van der Waals surface area contributed by atoms with Gasteiger partial charge in [-0.05, 0) is 48.9 Å². The molecule has 5 heteroatoms. The van der Waals surface area contributed by atoms with Crippen LogP contribution in [0.2, 0.25) is 0 Å². The Balaban J connectivity index is 2.08. The number of hydrogen-bond donors (Lipinski definition) is 2. The normalized spacial score (nSPS) is 21.5. The standard InChI is InChI=1S/C16H20BrNO3/c1-9(2)13-8-12(17)5-6-14(13)18-15(19)10-3-4-11(7-10)16(20)21/h5-6,8-11H,3-4,7H2,1-2H3,(H,18,19)(H,20,21)/t10-,11+/m1/s1. The zero-order chi connectivity index (χ0) is 15.6. The summed E-state index contributed by atoms with van der Waals surface area (Å²) in [5.41, 5.74) is 1.89. The Bertz CT molecular complexity index is 556. The van der Waals surface area contributed by atoms with Crippen LogP contribution in [0.15, 0.2) is 22.7 Å². The number of carbonyl (C=O) groups excluding carboxylic acids is 1. The van der Waals surface area contributed by atoms with Gasteiger partial charge in [0, 0.05) is 16.1 Å². The van der Waals surface area contributed by atoms with Gasteiger partial charge in [0.1, 0.15) is 0 Å². The van der Waals surface area contributed by atoms with Crippen LogP contribution < -0.4 is 5.32 Å². The lowest BCUT2D eigenvalue weighted by Crippen LogP contribution is -2.22. The Morgan fingerprint density at radius 1 is 1.29 bits per heavy atom. The summed E-state index contributed by atoms with van der Waals surface area (Å²) in [4.78, 5) is 23.3. The van der Waals surface area contributed by atoms with E-state index in [0.29, 0.717) is 25.2 Å². The minimum absolute atomic E-state index is 0.0667. The molecule has 1 aromatic rings. The van der Waals surface area contributed by atoms with Crippen molar-refractivity contribution in [3.63, 3.8) is 0 Å². The Morgan fingerprint density at radius 2 is 1.95 bits per heavy atom. The smallest absolute Gasteiger partial charge is 0.306 e. The summed E-state index contributed by atoms with van der Waals surface area (Å²) in [6.07, 6.45) is 1.68. The molecule has 1 saturated carbocycles. The number of anilines is 1. The molecule has 1 amide bonds. The molecule has 0 heterocycles. The molecule has 0 aliphatic heterocycles. The maximum atomic E-state index is 12.3. The topological polar surface area (TPSA) is 66.4 Å². The molecule has 1 aromatic carbocycles. The molecule has 4 nitrogen and oxygen atoms in total. The number of nitrogens with one attached hydrogen (secondary N) is 1. The molecule has 1 fully saturated rings. The summed E-state index contributed by atoms with van der Waals surface area (Å²) in [5.74, 6) is -1.14. The first-order chi connectivity index (χ1) is 9.88. The van der Waals surface area contributed by atoms with Crippen molar-refractivity contribution >= 4 is 33.5 Å². The van der Waals surface area contributed by atoms with Crippen LogP contribution in [0.25, 0.3) is 0 Å². The molecule has 1 aliphatic rings. The SMILES string of the molecule is CC(C)c1cc(Br)ccc1NC(=O)[C@@H]1CC[C@H](C(=O)O)C1. The summed E-state index contributed by atoms with van der Waals surface area (Å²) < 4.78 is 0.982. The second-order valence-corrected chi connectivity index (χ2v) is 6.84. The van der Waals surface area contributed by atoms with Gasteiger partial charge in [0.05, 0.1) is 5.92 Å². The van der Waals surface area contributed by atoms with E-state index in [-0.39, 0.29) is 17.7 Å². The quantitative estimate of drug-likeness (QED) is 0.859. The molecule has 0 spiro atoms. The van der Waals surface area contributed by atoms with Crippen molar-refractivity contribution < 1.29 is 14.7 Å². The molecular formula is C16H20BrNO3. The van der Waals surface area contributed by atoms with Crippen molar-refractivity contribution in [2.45, 2.75) is 39.0 Å². The monoisotopic (exact) mass is 353 g/mol. The molecule has 21 heavy (non-hydrogen) atoms. The van der Waals surface area contributed by atoms with Crippen molar-refractivity contribution in [2.75, 3.05) is 5.32 Å². The van der Waals surface area contributed by atoms with Crippen LogP contribution in [0.3, 0.4) is 0 Å². The van der Waals surface area contributed by atoms with Crippen LogP contribution in [-0.2, 0) is 9.59 Å². The Hall–Kier alpha value is -1.36. The molecule has 2 atom stereocenters. The molecule has 0 aromatic heterocycles. The van der Waals surface area contributed by atoms with E-state index in [4.69, 9.17) is 5.11 Å². The van der Waals surface area contributed by atoms with E-state index in [0.717, 1.165) is 15.7 Å². The van der Waals surface area contributed by atoms with Crippen molar-refractivity contribution in [1.29, 1.82) is 0 Å². The second-order valence-electron chi connectivity index (χ2n) is 5.92. The van der Waals surface area contributed by atoms with E-state index < -0.39 is 5.97 Å². The molecular weight excluding hydrogens is 334 g/mol. The average molecular weight is 354 g/mol. The molecule has 0 radical (unpaired) electrons. The molecule has 1 aliphatic carbocycles. The minimum Gasteiger partial charge on any atom is -0.481 e. The number of carboxylic acid groups (broad SMARTS) is 1. The van der Waals surface area contributed by atoms with Crippen LogP contribution in [0.5, 0.6) is 0 Å². The maximum absolute atomic E-state index is 12.3. The molecule has 2 N–H and O–H groups in total. The van der Waals surface area contributed by atoms with Crippen LogP contribution in [0.1, 0.15) is 44.6 Å². The summed E-state index contributed by atoms with van der Waals surface area (Å²) in [5, 5.41) is 12.0. The van der Waals surface area contributed by atoms with Gasteiger partial charge in [-0.2, -0.15) is 0 Å². The number of carboxylic acids is 1. The van der Waals surface area contributed by atoms with Crippen LogP contribution >= 0.6 is 15.9 Å². The third-order valence-electron chi connectivity index (χ3n) is 4.05. The highest BCUT2D eigenvalue weighted by atomic mass is 79.9. The summed E-state index contributed by atoms with van der Waals surface area (Å²) in [6, 6.07) is 5.80. The van der Waals surface area contributed by atoms with Gasteiger partial charge in [-0.25, -0.2) is 0 Å². The van der Waals surface area contributed by atoms with Gasteiger partial charge >= 0.3 is 5.97 Å². The number of hydrogen-bond acceptors (Lipinski definition) is 2. The van der Waals surface area contributed by atoms with Gasteiger partial charge in [0.2, 0.25) is 5.91 Å². The van der Waals surface area contributed by atoms with Crippen molar-refractivity contribution in [3.05, 3.63) is 28.2 Å². The van der Waals surface area contributed by atoms with Crippen LogP contribution in [-0.4, -0.2) is 17.0 Å². The van der Waals surface area contributed by atoms with Gasteiger partial charge in [-0.1, -0.05) is 29.8 Å². The van der Waals surface area contributed by atoms with E-state index in [1.807, 2.05) is 18.2 Å². The first kappa shape index (κ1) is 16.0. The third kappa shape index (κ3) is 3.84. The lowest BCUT2D eigenvalue weighted by atomic mass is 10.00. The highest BCUT2D eigenvalue weighted by Gasteiger charge is 2.34. The molecule has 2 rings (SSSR count). The average Bonchev–Trinajstić information content (AvgIpc) is 2.90. The minimum atomic E-state index is -0.795. The Labute approximate surface area is 133 Å². The lowest BCUT2D eigenvalue weighted by Gasteiger charge is -2.16. The fraction of sp³-hybridized carbons (Fsp3) is 0.500. The van der Waals surface area contributed by atoms with Gasteiger partial charge in [0.15, 0.2) is 0 Å². The Morgan fingerprint density at radius 3 is 2.52 bits per heavy atom. The van der Waals surface area contributed by atoms with Gasteiger partial charge in [-0.3, -0.25) is 9.59 Å².